The molecule has 28 heavy (non-hydrogen) atoms. The molecule has 2 atom stereocenters. The molecular formula is C23H29N3O2. The molecule has 0 spiro atoms. The summed E-state index contributed by atoms with van der Waals surface area (Å²) in [5.74, 6) is 1.43. The van der Waals surface area contributed by atoms with Crippen molar-refractivity contribution in [1.82, 2.24) is 15.0 Å². The van der Waals surface area contributed by atoms with Crippen LogP contribution in [0.3, 0.4) is 0 Å². The number of hydrogen-bond donors (Lipinski definition) is 0. The number of piperidine rings is 1. The number of aromatic nitrogens is 1. The van der Waals surface area contributed by atoms with Gasteiger partial charge in [0, 0.05) is 44.2 Å². The lowest BCUT2D eigenvalue weighted by atomic mass is 9.94. The van der Waals surface area contributed by atoms with E-state index >= 15 is 0 Å². The lowest BCUT2D eigenvalue weighted by Crippen LogP contribution is -2.48. The average Bonchev–Trinajstić information content (AvgIpc) is 3.25. The van der Waals surface area contributed by atoms with Crippen LogP contribution in [0.1, 0.15) is 53.6 Å². The van der Waals surface area contributed by atoms with E-state index in [1.54, 1.807) is 0 Å². The van der Waals surface area contributed by atoms with Crippen LogP contribution >= 0.6 is 0 Å². The van der Waals surface area contributed by atoms with E-state index in [1.165, 1.54) is 17.5 Å². The topological polar surface area (TPSA) is 49.6 Å². The zero-order chi connectivity index (χ0) is 19.1. The predicted molar refractivity (Wildman–Crippen MR) is 107 cm³/mol. The first-order valence-electron chi connectivity index (χ1n) is 10.8. The van der Waals surface area contributed by atoms with E-state index in [-0.39, 0.29) is 5.91 Å². The van der Waals surface area contributed by atoms with Gasteiger partial charge in [0.25, 0.3) is 5.91 Å². The summed E-state index contributed by atoms with van der Waals surface area (Å²) >= 11 is 0. The second-order valence-electron chi connectivity index (χ2n) is 8.77. The molecule has 0 radical (unpaired) electrons. The van der Waals surface area contributed by atoms with E-state index in [0.29, 0.717) is 23.7 Å². The molecule has 0 unspecified atom stereocenters. The van der Waals surface area contributed by atoms with Crippen LogP contribution in [0.4, 0.5) is 0 Å². The van der Waals surface area contributed by atoms with Gasteiger partial charge in [-0.05, 0) is 49.1 Å². The fourth-order valence-corrected chi connectivity index (χ4v) is 5.38. The monoisotopic (exact) mass is 379 g/mol. The van der Waals surface area contributed by atoms with Gasteiger partial charge in [-0.15, -0.1) is 0 Å². The van der Waals surface area contributed by atoms with Gasteiger partial charge in [-0.25, -0.2) is 0 Å². The summed E-state index contributed by atoms with van der Waals surface area (Å²) in [5.41, 5.74) is 3.49. The normalized spacial score (nSPS) is 25.1. The van der Waals surface area contributed by atoms with Crippen molar-refractivity contribution in [2.24, 2.45) is 5.92 Å². The summed E-state index contributed by atoms with van der Waals surface area (Å²) in [6.45, 7) is 5.06. The van der Waals surface area contributed by atoms with Crippen LogP contribution in [0, 0.1) is 5.92 Å². The van der Waals surface area contributed by atoms with Gasteiger partial charge in [-0.2, -0.15) is 0 Å². The maximum Gasteiger partial charge on any atom is 0.276 e. The number of nitrogens with zero attached hydrogens (tertiary/aromatic N) is 3. The highest BCUT2D eigenvalue weighted by Crippen LogP contribution is 2.33. The average molecular weight is 380 g/mol. The molecule has 3 saturated heterocycles. The van der Waals surface area contributed by atoms with E-state index in [1.807, 2.05) is 6.07 Å². The number of aryl methyl sites for hydroxylation is 1. The molecule has 1 aromatic carbocycles. The standard InChI is InChI=1S/C23H29N3O2/c1-2-5-21-12-22(24-28-21)23(27)26-14-16-8-9-19(26)15-25(13-16)20-10-17-6-3-4-7-18(17)11-20/h3-4,6-7,12,16,19-20H,2,5,8-11,13-15H2,1H3/t16-,19+/m0/s1. The molecule has 5 heteroatoms. The SMILES string of the molecule is CCCc1cc(C(=O)N2C[C@H]3CC[C@@H]2CN(C2Cc4ccccc4C2)C3)no1. The molecule has 4 heterocycles. The van der Waals surface area contributed by atoms with Gasteiger partial charge in [0.2, 0.25) is 0 Å². The molecule has 1 aliphatic carbocycles. The number of carbonyl (C=O) groups excluding carboxylic acids is 1. The zero-order valence-corrected chi connectivity index (χ0v) is 16.6. The second-order valence-corrected chi connectivity index (χ2v) is 8.77. The third-order valence-corrected chi connectivity index (χ3v) is 6.82. The van der Waals surface area contributed by atoms with Crippen LogP contribution < -0.4 is 0 Å². The molecule has 3 aliphatic heterocycles. The number of hydrogen-bond acceptors (Lipinski definition) is 4. The van der Waals surface area contributed by atoms with Gasteiger partial charge < -0.3 is 9.42 Å². The number of amides is 1. The molecule has 1 aromatic heterocycles. The van der Waals surface area contributed by atoms with Crippen molar-refractivity contribution >= 4 is 5.91 Å². The first-order valence-corrected chi connectivity index (χ1v) is 10.8. The highest BCUT2D eigenvalue weighted by atomic mass is 16.5. The third-order valence-electron chi connectivity index (χ3n) is 6.82. The largest absolute Gasteiger partial charge is 0.361 e. The molecular weight excluding hydrogens is 350 g/mol. The van der Waals surface area contributed by atoms with Gasteiger partial charge in [0.15, 0.2) is 5.69 Å². The highest BCUT2D eigenvalue weighted by molar-refractivity contribution is 5.92. The second kappa shape index (κ2) is 7.36. The summed E-state index contributed by atoms with van der Waals surface area (Å²) in [5, 5.41) is 4.07. The summed E-state index contributed by atoms with van der Waals surface area (Å²) < 4.78 is 5.36. The molecule has 0 N–H and O–H groups in total. The Balaban J connectivity index is 1.31. The van der Waals surface area contributed by atoms with Crippen LogP contribution in [0.15, 0.2) is 34.9 Å². The van der Waals surface area contributed by atoms with Gasteiger partial charge in [0.05, 0.1) is 0 Å². The number of carbonyl (C=O) groups is 1. The molecule has 5 nitrogen and oxygen atoms in total. The van der Waals surface area contributed by atoms with Crippen LogP contribution in [0.5, 0.6) is 0 Å². The van der Waals surface area contributed by atoms with E-state index in [2.05, 4.69) is 46.1 Å². The van der Waals surface area contributed by atoms with Gasteiger partial charge in [0.1, 0.15) is 5.76 Å². The van der Waals surface area contributed by atoms with Crippen molar-refractivity contribution in [2.45, 2.75) is 57.5 Å². The van der Waals surface area contributed by atoms with Crippen molar-refractivity contribution in [2.75, 3.05) is 19.6 Å². The summed E-state index contributed by atoms with van der Waals surface area (Å²) in [6.07, 6.45) is 6.45. The van der Waals surface area contributed by atoms with E-state index in [0.717, 1.165) is 57.5 Å². The van der Waals surface area contributed by atoms with E-state index in [9.17, 15) is 4.79 Å². The van der Waals surface area contributed by atoms with Crippen LogP contribution in [-0.2, 0) is 19.3 Å². The van der Waals surface area contributed by atoms with Gasteiger partial charge in [-0.3, -0.25) is 9.69 Å². The molecule has 3 fully saturated rings. The van der Waals surface area contributed by atoms with E-state index in [4.69, 9.17) is 4.52 Å². The van der Waals surface area contributed by atoms with Crippen LogP contribution in [0.25, 0.3) is 0 Å². The molecule has 148 valence electrons. The summed E-state index contributed by atoms with van der Waals surface area (Å²) in [4.78, 5) is 17.9. The van der Waals surface area contributed by atoms with Crippen LogP contribution in [-0.4, -0.2) is 52.6 Å². The van der Waals surface area contributed by atoms with Crippen molar-refractivity contribution in [1.29, 1.82) is 0 Å². The van der Waals surface area contributed by atoms with Gasteiger partial charge >= 0.3 is 0 Å². The smallest absolute Gasteiger partial charge is 0.276 e. The van der Waals surface area contributed by atoms with Crippen molar-refractivity contribution in [3.63, 3.8) is 0 Å². The van der Waals surface area contributed by atoms with Gasteiger partial charge in [-0.1, -0.05) is 36.3 Å². The quantitative estimate of drug-likeness (QED) is 0.818. The lowest BCUT2D eigenvalue weighted by molar-refractivity contribution is 0.0571. The summed E-state index contributed by atoms with van der Waals surface area (Å²) in [6, 6.07) is 11.6. The Hall–Kier alpha value is -2.14. The Labute approximate surface area is 166 Å². The number of benzene rings is 1. The minimum atomic E-state index is 0.0531. The molecule has 4 aliphatic rings. The Morgan fingerprint density at radius 1 is 1.11 bits per heavy atom. The Morgan fingerprint density at radius 3 is 2.64 bits per heavy atom. The molecule has 0 saturated carbocycles. The number of rotatable bonds is 4. The molecule has 2 aromatic rings. The third kappa shape index (κ3) is 3.26. The predicted octanol–water partition coefficient (Wildman–Crippen LogP) is 3.33. The zero-order valence-electron chi connectivity index (χ0n) is 16.6. The number of fused-ring (bicyclic) bond motifs is 5. The Morgan fingerprint density at radius 2 is 1.89 bits per heavy atom. The Bertz CT molecular complexity index is 836. The minimum absolute atomic E-state index is 0.0531. The maximum absolute atomic E-state index is 13.2. The van der Waals surface area contributed by atoms with Crippen molar-refractivity contribution in [3.8, 4) is 0 Å². The highest BCUT2D eigenvalue weighted by Gasteiger charge is 2.40. The minimum Gasteiger partial charge on any atom is -0.361 e. The summed E-state index contributed by atoms with van der Waals surface area (Å²) in [7, 11) is 0. The Kier molecular flexibility index (Phi) is 4.71. The van der Waals surface area contributed by atoms with E-state index < -0.39 is 0 Å². The lowest BCUT2D eigenvalue weighted by Gasteiger charge is -2.35. The van der Waals surface area contributed by atoms with Crippen molar-refractivity contribution in [3.05, 3.63) is 52.9 Å². The molecule has 6 rings (SSSR count). The molecule has 2 bridgehead atoms. The first kappa shape index (κ1) is 17.9. The molecule has 1 amide bonds. The van der Waals surface area contributed by atoms with Crippen LogP contribution in [0.2, 0.25) is 0 Å². The maximum atomic E-state index is 13.2. The van der Waals surface area contributed by atoms with Crippen molar-refractivity contribution < 1.29 is 9.32 Å². The fraction of sp³-hybridized carbons (Fsp3) is 0.565. The first-order chi connectivity index (χ1) is 13.7. The fourth-order valence-electron chi connectivity index (χ4n) is 5.38.